The van der Waals surface area contributed by atoms with Crippen LogP contribution in [0.25, 0.3) is 0 Å². The zero-order valence-corrected chi connectivity index (χ0v) is 12.3. The largest absolute Gasteiger partial charge is 0.385 e. The molecule has 0 bridgehead atoms. The molecule has 1 aromatic carbocycles. The molecule has 4 nitrogen and oxygen atoms in total. The molecule has 0 aliphatic carbocycles. The van der Waals surface area contributed by atoms with Crippen molar-refractivity contribution >= 4 is 15.7 Å². The smallest absolute Gasteiger partial charge is 0.242 e. The first-order valence-electron chi connectivity index (χ1n) is 6.14. The molecule has 18 heavy (non-hydrogen) atoms. The molecule has 0 heterocycles. The van der Waals surface area contributed by atoms with Gasteiger partial charge in [0.2, 0.25) is 10.0 Å². The summed E-state index contributed by atoms with van der Waals surface area (Å²) in [6, 6.07) is 6.88. The van der Waals surface area contributed by atoms with E-state index in [4.69, 9.17) is 0 Å². The molecular weight excluding hydrogens is 248 g/mol. The summed E-state index contributed by atoms with van der Waals surface area (Å²) >= 11 is 0. The second kappa shape index (κ2) is 6.20. The maximum Gasteiger partial charge on any atom is 0.242 e. The fourth-order valence-corrected chi connectivity index (χ4v) is 2.29. The van der Waals surface area contributed by atoms with Gasteiger partial charge in [-0.25, -0.2) is 12.7 Å². The van der Waals surface area contributed by atoms with Crippen molar-refractivity contribution in [3.63, 3.8) is 0 Å². The third-order valence-corrected chi connectivity index (χ3v) is 4.81. The molecule has 0 saturated heterocycles. The summed E-state index contributed by atoms with van der Waals surface area (Å²) in [5, 5.41) is 3.29. The van der Waals surface area contributed by atoms with Crippen LogP contribution in [-0.2, 0) is 10.0 Å². The van der Waals surface area contributed by atoms with E-state index in [0.29, 0.717) is 10.8 Å². The molecule has 5 heteroatoms. The number of rotatable bonds is 6. The number of hydrogen-bond donors (Lipinski definition) is 1. The van der Waals surface area contributed by atoms with E-state index in [9.17, 15) is 8.42 Å². The van der Waals surface area contributed by atoms with Crippen LogP contribution >= 0.6 is 0 Å². The van der Waals surface area contributed by atoms with Crippen molar-refractivity contribution in [2.24, 2.45) is 5.92 Å². The standard InChI is InChI=1S/C13H22N2O2S/c1-5-11(2)10-14-12-6-8-13(9-7-12)18(16,17)15(3)4/h6-9,11,14H,5,10H2,1-4H3. The molecule has 1 unspecified atom stereocenters. The van der Waals surface area contributed by atoms with Crippen LogP contribution in [0.4, 0.5) is 5.69 Å². The topological polar surface area (TPSA) is 49.4 Å². The Morgan fingerprint density at radius 1 is 1.22 bits per heavy atom. The molecule has 102 valence electrons. The van der Waals surface area contributed by atoms with Gasteiger partial charge >= 0.3 is 0 Å². The van der Waals surface area contributed by atoms with Crippen molar-refractivity contribution in [3.05, 3.63) is 24.3 Å². The maximum absolute atomic E-state index is 11.9. The van der Waals surface area contributed by atoms with Crippen molar-refractivity contribution in [2.45, 2.75) is 25.2 Å². The Kier molecular flexibility index (Phi) is 5.16. The average molecular weight is 270 g/mol. The van der Waals surface area contributed by atoms with Gasteiger partial charge in [0.1, 0.15) is 0 Å². The Morgan fingerprint density at radius 2 is 1.78 bits per heavy atom. The van der Waals surface area contributed by atoms with Crippen LogP contribution < -0.4 is 5.32 Å². The number of anilines is 1. The van der Waals surface area contributed by atoms with Crippen molar-refractivity contribution in [2.75, 3.05) is 26.0 Å². The van der Waals surface area contributed by atoms with E-state index >= 15 is 0 Å². The lowest BCUT2D eigenvalue weighted by Gasteiger charge is -2.13. The molecule has 1 aromatic rings. The molecule has 0 amide bonds. The average Bonchev–Trinajstić information content (AvgIpc) is 2.36. The van der Waals surface area contributed by atoms with Crippen LogP contribution in [0.3, 0.4) is 0 Å². The Labute approximate surface area is 110 Å². The lowest BCUT2D eigenvalue weighted by Crippen LogP contribution is -2.22. The normalized spacial score (nSPS) is 13.6. The molecule has 0 aliphatic heterocycles. The second-order valence-corrected chi connectivity index (χ2v) is 6.86. The molecule has 0 fully saturated rings. The van der Waals surface area contributed by atoms with Gasteiger partial charge in [0.25, 0.3) is 0 Å². The Bertz CT molecular complexity index is 466. The minimum atomic E-state index is -3.32. The zero-order valence-electron chi connectivity index (χ0n) is 11.5. The van der Waals surface area contributed by atoms with Gasteiger partial charge in [0, 0.05) is 26.3 Å². The number of sulfonamides is 1. The van der Waals surface area contributed by atoms with Gasteiger partial charge in [-0.2, -0.15) is 0 Å². The molecule has 1 rings (SSSR count). The number of benzene rings is 1. The quantitative estimate of drug-likeness (QED) is 0.863. The summed E-state index contributed by atoms with van der Waals surface area (Å²) in [7, 11) is -0.260. The molecule has 0 spiro atoms. The molecule has 1 atom stereocenters. The van der Waals surface area contributed by atoms with Gasteiger partial charge in [0.15, 0.2) is 0 Å². The predicted octanol–water partition coefficient (Wildman–Crippen LogP) is 2.39. The third-order valence-electron chi connectivity index (χ3n) is 2.98. The van der Waals surface area contributed by atoms with E-state index in [-0.39, 0.29) is 0 Å². The molecule has 0 aliphatic rings. The van der Waals surface area contributed by atoms with E-state index in [0.717, 1.165) is 18.7 Å². The highest BCUT2D eigenvalue weighted by Crippen LogP contribution is 2.17. The van der Waals surface area contributed by atoms with Crippen molar-refractivity contribution in [1.29, 1.82) is 0 Å². The van der Waals surface area contributed by atoms with Crippen molar-refractivity contribution in [3.8, 4) is 0 Å². The second-order valence-electron chi connectivity index (χ2n) is 4.71. The van der Waals surface area contributed by atoms with Gasteiger partial charge < -0.3 is 5.32 Å². The van der Waals surface area contributed by atoms with E-state index < -0.39 is 10.0 Å². The highest BCUT2D eigenvalue weighted by Gasteiger charge is 2.16. The van der Waals surface area contributed by atoms with Crippen LogP contribution in [-0.4, -0.2) is 33.4 Å². The highest BCUT2D eigenvalue weighted by atomic mass is 32.2. The number of hydrogen-bond acceptors (Lipinski definition) is 3. The summed E-state index contributed by atoms with van der Waals surface area (Å²) < 4.78 is 24.9. The van der Waals surface area contributed by atoms with Crippen molar-refractivity contribution in [1.82, 2.24) is 4.31 Å². The maximum atomic E-state index is 11.9. The molecule has 0 aromatic heterocycles. The van der Waals surface area contributed by atoms with E-state index in [1.54, 1.807) is 24.3 Å². The van der Waals surface area contributed by atoms with Gasteiger partial charge in [-0.3, -0.25) is 0 Å². The Hall–Kier alpha value is -1.07. The summed E-state index contributed by atoms with van der Waals surface area (Å²) in [4.78, 5) is 0.321. The van der Waals surface area contributed by atoms with Crippen LogP contribution in [0.2, 0.25) is 0 Å². The van der Waals surface area contributed by atoms with E-state index in [1.807, 2.05) is 0 Å². The summed E-state index contributed by atoms with van der Waals surface area (Å²) in [6.07, 6.45) is 1.13. The Balaban J connectivity index is 2.75. The van der Waals surface area contributed by atoms with E-state index in [1.165, 1.54) is 18.4 Å². The minimum absolute atomic E-state index is 0.321. The molecule has 1 N–H and O–H groups in total. The minimum Gasteiger partial charge on any atom is -0.385 e. The number of nitrogens with zero attached hydrogens (tertiary/aromatic N) is 1. The van der Waals surface area contributed by atoms with Crippen LogP contribution in [0.15, 0.2) is 29.2 Å². The summed E-state index contributed by atoms with van der Waals surface area (Å²) in [6.45, 7) is 5.23. The fraction of sp³-hybridized carbons (Fsp3) is 0.538. The molecule has 0 saturated carbocycles. The first-order valence-corrected chi connectivity index (χ1v) is 7.58. The Morgan fingerprint density at radius 3 is 2.22 bits per heavy atom. The summed E-state index contributed by atoms with van der Waals surface area (Å²) in [5.74, 6) is 0.607. The monoisotopic (exact) mass is 270 g/mol. The SMILES string of the molecule is CCC(C)CNc1ccc(S(=O)(=O)N(C)C)cc1. The van der Waals surface area contributed by atoms with E-state index in [2.05, 4.69) is 19.2 Å². The van der Waals surface area contributed by atoms with Gasteiger partial charge in [-0.1, -0.05) is 20.3 Å². The van der Waals surface area contributed by atoms with Crippen LogP contribution in [0.5, 0.6) is 0 Å². The first-order chi connectivity index (χ1) is 8.37. The first kappa shape index (κ1) is 15.0. The fourth-order valence-electron chi connectivity index (χ4n) is 1.39. The van der Waals surface area contributed by atoms with Crippen LogP contribution in [0, 0.1) is 5.92 Å². The third kappa shape index (κ3) is 3.71. The molecular formula is C13H22N2O2S. The number of nitrogens with one attached hydrogen (secondary N) is 1. The van der Waals surface area contributed by atoms with Gasteiger partial charge in [-0.15, -0.1) is 0 Å². The van der Waals surface area contributed by atoms with Crippen molar-refractivity contribution < 1.29 is 8.42 Å². The highest BCUT2D eigenvalue weighted by molar-refractivity contribution is 7.89. The molecule has 0 radical (unpaired) electrons. The zero-order chi connectivity index (χ0) is 13.8. The predicted molar refractivity (Wildman–Crippen MR) is 75.3 cm³/mol. The lowest BCUT2D eigenvalue weighted by atomic mass is 10.1. The lowest BCUT2D eigenvalue weighted by molar-refractivity contribution is 0.521. The summed E-state index contributed by atoms with van der Waals surface area (Å²) in [5.41, 5.74) is 0.952. The van der Waals surface area contributed by atoms with Gasteiger partial charge in [0.05, 0.1) is 4.90 Å². The van der Waals surface area contributed by atoms with Crippen LogP contribution in [0.1, 0.15) is 20.3 Å². The van der Waals surface area contributed by atoms with Gasteiger partial charge in [-0.05, 0) is 30.2 Å².